The van der Waals surface area contributed by atoms with Crippen LogP contribution in [0.3, 0.4) is 0 Å². The Morgan fingerprint density at radius 3 is 2.52 bits per heavy atom. The zero-order valence-corrected chi connectivity index (χ0v) is 13.3. The number of nitrogens with one attached hydrogen (secondary N) is 2. The first-order valence-corrected chi connectivity index (χ1v) is 8.74. The summed E-state index contributed by atoms with van der Waals surface area (Å²) in [6, 6.07) is 1.44. The highest BCUT2D eigenvalue weighted by atomic mass is 35.5. The molecule has 0 radical (unpaired) electrons. The first-order chi connectivity index (χ1) is 9.85. The molecule has 0 fully saturated rings. The molecule has 0 aliphatic rings. The predicted molar refractivity (Wildman–Crippen MR) is 81.2 cm³/mol. The van der Waals surface area contributed by atoms with Crippen LogP contribution in [0.2, 0.25) is 5.02 Å². The lowest BCUT2D eigenvalue weighted by molar-refractivity contribution is 0.580. The second-order valence-electron chi connectivity index (χ2n) is 4.62. The van der Waals surface area contributed by atoms with Crippen molar-refractivity contribution in [2.75, 3.05) is 23.6 Å². The van der Waals surface area contributed by atoms with Crippen LogP contribution in [0, 0.1) is 11.6 Å². The molecule has 0 aromatic heterocycles. The Kier molecular flexibility index (Phi) is 7.34. The minimum Gasteiger partial charge on any atom is -0.317 e. The molecule has 0 spiro atoms. The average molecular weight is 341 g/mol. The van der Waals surface area contributed by atoms with E-state index < -0.39 is 27.3 Å². The number of benzene rings is 1. The van der Waals surface area contributed by atoms with Gasteiger partial charge in [-0.15, -0.1) is 0 Å². The van der Waals surface area contributed by atoms with E-state index in [1.165, 1.54) is 0 Å². The van der Waals surface area contributed by atoms with Crippen LogP contribution in [0.5, 0.6) is 0 Å². The van der Waals surface area contributed by atoms with E-state index >= 15 is 0 Å². The maximum atomic E-state index is 13.5. The number of hydrogen-bond donors (Lipinski definition) is 2. The van der Waals surface area contributed by atoms with Gasteiger partial charge < -0.3 is 5.32 Å². The van der Waals surface area contributed by atoms with E-state index in [1.54, 1.807) is 0 Å². The molecule has 0 amide bonds. The topological polar surface area (TPSA) is 58.2 Å². The fourth-order valence-electron chi connectivity index (χ4n) is 1.69. The Labute approximate surface area is 128 Å². The molecule has 0 atom stereocenters. The third-order valence-electron chi connectivity index (χ3n) is 2.71. The highest BCUT2D eigenvalue weighted by Crippen LogP contribution is 2.27. The van der Waals surface area contributed by atoms with Crippen molar-refractivity contribution < 1.29 is 17.2 Å². The normalized spacial score (nSPS) is 11.6. The lowest BCUT2D eigenvalue weighted by atomic mass is 10.3. The molecule has 21 heavy (non-hydrogen) atoms. The predicted octanol–water partition coefficient (Wildman–Crippen LogP) is 3.14. The summed E-state index contributed by atoms with van der Waals surface area (Å²) in [5.41, 5.74) is -0.415. The van der Waals surface area contributed by atoms with E-state index in [4.69, 9.17) is 11.6 Å². The number of unbranched alkanes of at least 4 members (excludes halogenated alkanes) is 1. The Bertz CT molecular complexity index is 544. The Hall–Kier alpha value is -0.920. The lowest BCUT2D eigenvalue weighted by Crippen LogP contribution is -2.20. The molecule has 0 heterocycles. The number of halogens is 3. The molecule has 0 unspecified atom stereocenters. The largest absolute Gasteiger partial charge is 0.317 e. The van der Waals surface area contributed by atoms with Crippen molar-refractivity contribution in [1.82, 2.24) is 5.32 Å². The maximum Gasteiger partial charge on any atom is 0.232 e. The van der Waals surface area contributed by atoms with Crippen molar-refractivity contribution in [3.05, 3.63) is 28.8 Å². The van der Waals surface area contributed by atoms with Crippen molar-refractivity contribution in [3.8, 4) is 0 Å². The molecule has 2 N–H and O–H groups in total. The summed E-state index contributed by atoms with van der Waals surface area (Å²) in [5.74, 6) is -2.04. The highest BCUT2D eigenvalue weighted by molar-refractivity contribution is 7.92. The van der Waals surface area contributed by atoms with Gasteiger partial charge in [0, 0.05) is 6.07 Å². The zero-order valence-electron chi connectivity index (χ0n) is 11.8. The van der Waals surface area contributed by atoms with Crippen molar-refractivity contribution in [2.24, 2.45) is 0 Å². The van der Waals surface area contributed by atoms with Crippen LogP contribution >= 0.6 is 11.6 Å². The van der Waals surface area contributed by atoms with Gasteiger partial charge in [0.05, 0.1) is 10.8 Å². The molecular weight excluding hydrogens is 322 g/mol. The van der Waals surface area contributed by atoms with Crippen LogP contribution in [-0.4, -0.2) is 27.3 Å². The van der Waals surface area contributed by atoms with E-state index in [0.717, 1.165) is 25.6 Å². The molecule has 0 saturated carbocycles. The van der Waals surface area contributed by atoms with Gasteiger partial charge in [-0.05, 0) is 38.4 Å². The van der Waals surface area contributed by atoms with Crippen molar-refractivity contribution in [2.45, 2.75) is 26.2 Å². The van der Waals surface area contributed by atoms with Gasteiger partial charge in [0.15, 0.2) is 5.82 Å². The molecule has 0 bridgehead atoms. The van der Waals surface area contributed by atoms with Crippen LogP contribution in [0.1, 0.15) is 26.2 Å². The van der Waals surface area contributed by atoms with Crippen molar-refractivity contribution in [1.29, 1.82) is 0 Å². The zero-order chi connectivity index (χ0) is 15.9. The van der Waals surface area contributed by atoms with Crippen molar-refractivity contribution in [3.63, 3.8) is 0 Å². The van der Waals surface area contributed by atoms with Crippen LogP contribution in [0.25, 0.3) is 0 Å². The minimum atomic E-state index is -3.71. The summed E-state index contributed by atoms with van der Waals surface area (Å²) in [5, 5.41) is 2.85. The molecule has 1 aromatic carbocycles. The summed E-state index contributed by atoms with van der Waals surface area (Å²) < 4.78 is 52.1. The highest BCUT2D eigenvalue weighted by Gasteiger charge is 2.17. The summed E-state index contributed by atoms with van der Waals surface area (Å²) in [7, 11) is -3.71. The van der Waals surface area contributed by atoms with E-state index in [0.29, 0.717) is 18.9 Å². The SMILES string of the molecule is CCCNCCCCS(=O)(=O)Nc1c(F)cc(F)cc1Cl. The molecule has 1 aromatic rings. The minimum absolute atomic E-state index is 0.145. The second-order valence-corrected chi connectivity index (χ2v) is 6.87. The standard InChI is InChI=1S/C13H19ClF2N2O2S/c1-2-5-17-6-3-4-7-21(19,20)18-13-11(14)8-10(15)9-12(13)16/h8-9,17-18H,2-7H2,1H3. The van der Waals surface area contributed by atoms with Gasteiger partial charge in [0.25, 0.3) is 0 Å². The van der Waals surface area contributed by atoms with Gasteiger partial charge >= 0.3 is 0 Å². The smallest absolute Gasteiger partial charge is 0.232 e. The second kappa shape index (κ2) is 8.51. The van der Waals surface area contributed by atoms with Gasteiger partial charge in [0.1, 0.15) is 11.5 Å². The number of hydrogen-bond acceptors (Lipinski definition) is 3. The van der Waals surface area contributed by atoms with Gasteiger partial charge in [0.2, 0.25) is 10.0 Å². The maximum absolute atomic E-state index is 13.5. The van der Waals surface area contributed by atoms with Crippen LogP contribution in [-0.2, 0) is 10.0 Å². The average Bonchev–Trinajstić information content (AvgIpc) is 2.38. The molecule has 0 aliphatic carbocycles. The van der Waals surface area contributed by atoms with Crippen LogP contribution < -0.4 is 10.0 Å². The first-order valence-electron chi connectivity index (χ1n) is 6.71. The van der Waals surface area contributed by atoms with Gasteiger partial charge in [-0.25, -0.2) is 17.2 Å². The third-order valence-corrected chi connectivity index (χ3v) is 4.35. The fourth-order valence-corrected chi connectivity index (χ4v) is 3.19. The monoisotopic (exact) mass is 340 g/mol. The Morgan fingerprint density at radius 2 is 1.90 bits per heavy atom. The Balaban J connectivity index is 2.53. The van der Waals surface area contributed by atoms with Crippen LogP contribution in [0.15, 0.2) is 12.1 Å². The van der Waals surface area contributed by atoms with E-state index in [2.05, 4.69) is 10.0 Å². The molecule has 0 saturated heterocycles. The third kappa shape index (κ3) is 6.58. The van der Waals surface area contributed by atoms with Gasteiger partial charge in [-0.1, -0.05) is 18.5 Å². The van der Waals surface area contributed by atoms with Gasteiger partial charge in [-0.2, -0.15) is 0 Å². The number of anilines is 1. The lowest BCUT2D eigenvalue weighted by Gasteiger charge is -2.10. The first kappa shape index (κ1) is 18.1. The van der Waals surface area contributed by atoms with Crippen molar-refractivity contribution >= 4 is 27.3 Å². The molecule has 4 nitrogen and oxygen atoms in total. The molecular formula is C13H19ClF2N2O2S. The summed E-state index contributed by atoms with van der Waals surface area (Å²) >= 11 is 5.64. The summed E-state index contributed by atoms with van der Waals surface area (Å²) in [6.45, 7) is 3.67. The molecule has 0 aliphatic heterocycles. The summed E-state index contributed by atoms with van der Waals surface area (Å²) in [6.07, 6.45) is 2.15. The summed E-state index contributed by atoms with van der Waals surface area (Å²) in [4.78, 5) is 0. The van der Waals surface area contributed by atoms with E-state index in [1.807, 2.05) is 6.92 Å². The van der Waals surface area contributed by atoms with Gasteiger partial charge in [-0.3, -0.25) is 4.72 Å². The quantitative estimate of drug-likeness (QED) is 0.679. The van der Waals surface area contributed by atoms with Crippen LogP contribution in [0.4, 0.5) is 14.5 Å². The molecule has 8 heteroatoms. The Morgan fingerprint density at radius 1 is 1.19 bits per heavy atom. The molecule has 1 rings (SSSR count). The van der Waals surface area contributed by atoms with E-state index in [9.17, 15) is 17.2 Å². The van der Waals surface area contributed by atoms with E-state index in [-0.39, 0.29) is 10.8 Å². The number of rotatable bonds is 9. The molecule has 120 valence electrons. The fraction of sp³-hybridized carbons (Fsp3) is 0.538. The number of sulfonamides is 1.